The van der Waals surface area contributed by atoms with Gasteiger partial charge in [-0.1, -0.05) is 29.8 Å². The number of hydrazone groups is 1. The molecule has 148 valence electrons. The molecule has 0 saturated carbocycles. The molecule has 0 aliphatic heterocycles. The molecule has 2 heterocycles. The van der Waals surface area contributed by atoms with Gasteiger partial charge in [-0.25, -0.2) is 10.2 Å². The van der Waals surface area contributed by atoms with Gasteiger partial charge in [-0.3, -0.25) is 14.3 Å². The summed E-state index contributed by atoms with van der Waals surface area (Å²) in [5.41, 5.74) is 3.29. The zero-order valence-corrected chi connectivity index (χ0v) is 17.6. The molecule has 0 atom stereocenters. The highest BCUT2D eigenvalue weighted by atomic mass is 79.9. The van der Waals surface area contributed by atoms with Crippen molar-refractivity contribution in [3.63, 3.8) is 0 Å². The van der Waals surface area contributed by atoms with Crippen LogP contribution >= 0.6 is 15.9 Å². The van der Waals surface area contributed by atoms with Gasteiger partial charge in [0.15, 0.2) is 11.2 Å². The smallest absolute Gasteiger partial charge is 0.329 e. The molecule has 0 bridgehead atoms. The van der Waals surface area contributed by atoms with Crippen molar-refractivity contribution in [1.82, 2.24) is 19.1 Å². The van der Waals surface area contributed by atoms with E-state index in [0.29, 0.717) is 29.4 Å². The highest BCUT2D eigenvalue weighted by Gasteiger charge is 2.17. The maximum absolute atomic E-state index is 12.4. The van der Waals surface area contributed by atoms with Crippen LogP contribution in [0.2, 0.25) is 0 Å². The standard InChI is InChI=1S/C18H21BrN6O3/c1-10(2)9-25-14-15(24(3)18(27)22-16(14)26)21-17(25)23-20-8-11-7-12(19)5-6-13(11)28-4/h5-8,10H,9H2,1-4H3,(H,21,23)(H,22,26,27). The molecule has 0 fully saturated rings. The highest BCUT2D eigenvalue weighted by Crippen LogP contribution is 2.22. The number of halogens is 1. The summed E-state index contributed by atoms with van der Waals surface area (Å²) in [6, 6.07) is 5.57. The molecule has 3 rings (SSSR count). The van der Waals surface area contributed by atoms with Crippen LogP contribution in [0.15, 0.2) is 37.4 Å². The third-order valence-electron chi connectivity index (χ3n) is 4.11. The number of hydrogen-bond donors (Lipinski definition) is 2. The summed E-state index contributed by atoms with van der Waals surface area (Å²) in [5, 5.41) is 4.25. The molecule has 0 unspecified atom stereocenters. The van der Waals surface area contributed by atoms with Crippen LogP contribution in [0.5, 0.6) is 5.75 Å². The maximum Gasteiger partial charge on any atom is 0.329 e. The van der Waals surface area contributed by atoms with E-state index in [-0.39, 0.29) is 5.92 Å². The fourth-order valence-corrected chi connectivity index (χ4v) is 3.21. The van der Waals surface area contributed by atoms with Crippen LogP contribution in [0.1, 0.15) is 19.4 Å². The van der Waals surface area contributed by atoms with E-state index < -0.39 is 11.2 Å². The van der Waals surface area contributed by atoms with Gasteiger partial charge in [-0.15, -0.1) is 0 Å². The molecule has 1 aromatic carbocycles. The van der Waals surface area contributed by atoms with Gasteiger partial charge in [0, 0.05) is 23.6 Å². The van der Waals surface area contributed by atoms with Crippen LogP contribution in [-0.4, -0.2) is 32.4 Å². The lowest BCUT2D eigenvalue weighted by Gasteiger charge is -2.10. The average Bonchev–Trinajstić information content (AvgIpc) is 2.98. The maximum atomic E-state index is 12.4. The SMILES string of the molecule is COc1ccc(Br)cc1C=NNc1nc2c(c(=O)[nH]c(=O)n2C)n1CC(C)C. The van der Waals surface area contributed by atoms with Crippen molar-refractivity contribution in [2.24, 2.45) is 18.1 Å². The molecule has 2 aromatic heterocycles. The topological polar surface area (TPSA) is 106 Å². The molecule has 0 saturated heterocycles. The second-order valence-corrected chi connectivity index (χ2v) is 7.60. The predicted octanol–water partition coefficient (Wildman–Crippen LogP) is 2.30. The first-order chi connectivity index (χ1) is 13.3. The summed E-state index contributed by atoms with van der Waals surface area (Å²) in [7, 11) is 3.15. The van der Waals surface area contributed by atoms with Crippen LogP contribution < -0.4 is 21.4 Å². The Bertz CT molecular complexity index is 1160. The Morgan fingerprint density at radius 2 is 2.14 bits per heavy atom. The number of H-pyrrole nitrogens is 1. The monoisotopic (exact) mass is 448 g/mol. The first-order valence-corrected chi connectivity index (χ1v) is 9.43. The molecule has 0 amide bonds. The Morgan fingerprint density at radius 3 is 2.82 bits per heavy atom. The lowest BCUT2D eigenvalue weighted by atomic mass is 10.2. The predicted molar refractivity (Wildman–Crippen MR) is 112 cm³/mol. The van der Waals surface area contributed by atoms with Crippen LogP contribution in [0.4, 0.5) is 5.95 Å². The normalized spacial score (nSPS) is 11.6. The minimum atomic E-state index is -0.513. The summed E-state index contributed by atoms with van der Waals surface area (Å²) < 4.78 is 9.26. The summed E-state index contributed by atoms with van der Waals surface area (Å²) >= 11 is 3.42. The zero-order valence-electron chi connectivity index (χ0n) is 16.0. The van der Waals surface area contributed by atoms with E-state index in [1.54, 1.807) is 24.9 Å². The number of imidazole rings is 1. The van der Waals surface area contributed by atoms with Gasteiger partial charge < -0.3 is 9.30 Å². The zero-order chi connectivity index (χ0) is 20.4. The average molecular weight is 449 g/mol. The van der Waals surface area contributed by atoms with Crippen molar-refractivity contribution in [3.8, 4) is 5.75 Å². The molecule has 2 N–H and O–H groups in total. The van der Waals surface area contributed by atoms with Crippen LogP contribution in [0, 0.1) is 5.92 Å². The van der Waals surface area contributed by atoms with Crippen molar-refractivity contribution in [2.75, 3.05) is 12.5 Å². The number of aromatic amines is 1. The quantitative estimate of drug-likeness (QED) is 0.444. The van der Waals surface area contributed by atoms with Gasteiger partial charge >= 0.3 is 5.69 Å². The van der Waals surface area contributed by atoms with E-state index in [1.165, 1.54) is 4.57 Å². The number of aromatic nitrogens is 4. The van der Waals surface area contributed by atoms with E-state index in [2.05, 4.69) is 36.4 Å². The van der Waals surface area contributed by atoms with Gasteiger partial charge in [0.25, 0.3) is 5.56 Å². The molecular formula is C18H21BrN6O3. The molecule has 9 nitrogen and oxygen atoms in total. The van der Waals surface area contributed by atoms with Crippen molar-refractivity contribution < 1.29 is 4.74 Å². The van der Waals surface area contributed by atoms with Crippen molar-refractivity contribution >= 4 is 39.3 Å². The minimum Gasteiger partial charge on any atom is -0.496 e. The number of nitrogens with one attached hydrogen (secondary N) is 2. The number of hydrogen-bond acceptors (Lipinski definition) is 6. The number of ether oxygens (including phenoxy) is 1. The Hall–Kier alpha value is -2.88. The van der Waals surface area contributed by atoms with E-state index in [0.717, 1.165) is 10.0 Å². The lowest BCUT2D eigenvalue weighted by Crippen LogP contribution is -2.29. The van der Waals surface area contributed by atoms with Crippen LogP contribution in [0.3, 0.4) is 0 Å². The Morgan fingerprint density at radius 1 is 1.39 bits per heavy atom. The van der Waals surface area contributed by atoms with Gasteiger partial charge in [0.1, 0.15) is 5.75 Å². The second kappa shape index (κ2) is 8.01. The van der Waals surface area contributed by atoms with Crippen LogP contribution in [-0.2, 0) is 13.6 Å². The van der Waals surface area contributed by atoms with Gasteiger partial charge in [0.05, 0.1) is 13.3 Å². The van der Waals surface area contributed by atoms with Crippen molar-refractivity contribution in [1.29, 1.82) is 0 Å². The molecule has 3 aromatic rings. The lowest BCUT2D eigenvalue weighted by molar-refractivity contribution is 0.414. The summed E-state index contributed by atoms with van der Waals surface area (Å²) in [6.45, 7) is 4.60. The summed E-state index contributed by atoms with van der Waals surface area (Å²) in [5.74, 6) is 1.30. The number of nitrogens with zero attached hydrogens (tertiary/aromatic N) is 4. The van der Waals surface area contributed by atoms with Crippen LogP contribution in [0.25, 0.3) is 11.2 Å². The Labute approximate surface area is 169 Å². The summed E-state index contributed by atoms with van der Waals surface area (Å²) in [6.07, 6.45) is 1.60. The fraction of sp³-hybridized carbons (Fsp3) is 0.333. The minimum absolute atomic E-state index is 0.253. The number of aryl methyl sites for hydroxylation is 1. The molecule has 10 heteroatoms. The van der Waals surface area contributed by atoms with Gasteiger partial charge in [-0.2, -0.15) is 10.1 Å². The molecule has 28 heavy (non-hydrogen) atoms. The number of benzene rings is 1. The number of anilines is 1. The Balaban J connectivity index is 2.04. The number of fused-ring (bicyclic) bond motifs is 1. The molecule has 0 aliphatic carbocycles. The van der Waals surface area contributed by atoms with Gasteiger partial charge in [-0.05, 0) is 24.1 Å². The second-order valence-electron chi connectivity index (χ2n) is 6.69. The largest absolute Gasteiger partial charge is 0.496 e. The number of rotatable bonds is 6. The van der Waals surface area contributed by atoms with Gasteiger partial charge in [0.2, 0.25) is 5.95 Å². The fourth-order valence-electron chi connectivity index (χ4n) is 2.83. The first-order valence-electron chi connectivity index (χ1n) is 8.64. The first kappa shape index (κ1) is 19.9. The highest BCUT2D eigenvalue weighted by molar-refractivity contribution is 9.10. The van der Waals surface area contributed by atoms with E-state index in [1.807, 2.05) is 32.0 Å². The van der Waals surface area contributed by atoms with E-state index in [9.17, 15) is 9.59 Å². The van der Waals surface area contributed by atoms with Crippen molar-refractivity contribution in [2.45, 2.75) is 20.4 Å². The Kier molecular flexibility index (Phi) is 5.68. The molecule has 0 aliphatic rings. The summed E-state index contributed by atoms with van der Waals surface area (Å²) in [4.78, 5) is 31.0. The van der Waals surface area contributed by atoms with E-state index in [4.69, 9.17) is 4.74 Å². The third-order valence-corrected chi connectivity index (χ3v) is 4.61. The third kappa shape index (κ3) is 3.86. The molecular weight excluding hydrogens is 428 g/mol. The molecule has 0 spiro atoms. The van der Waals surface area contributed by atoms with E-state index >= 15 is 0 Å². The van der Waals surface area contributed by atoms with Crippen molar-refractivity contribution in [3.05, 3.63) is 49.1 Å². The number of methoxy groups -OCH3 is 1. The molecule has 0 radical (unpaired) electrons.